The number of tetrazole rings is 1. The Morgan fingerprint density at radius 1 is 1.03 bits per heavy atom. The molecule has 0 radical (unpaired) electrons. The van der Waals surface area contributed by atoms with Gasteiger partial charge in [0.2, 0.25) is 0 Å². The summed E-state index contributed by atoms with van der Waals surface area (Å²) in [5.74, 6) is 0.506. The van der Waals surface area contributed by atoms with Crippen molar-refractivity contribution in [1.29, 1.82) is 0 Å². The molecule has 1 atom stereocenters. The lowest BCUT2D eigenvalue weighted by Crippen LogP contribution is -2.48. The first-order valence-electron chi connectivity index (χ1n) is 9.97. The molecular weight excluding hydrogens is 403 g/mol. The third-order valence-electron chi connectivity index (χ3n) is 5.39. The van der Waals surface area contributed by atoms with Crippen LogP contribution in [0.4, 0.5) is 4.39 Å². The van der Waals surface area contributed by atoms with Crippen molar-refractivity contribution in [1.82, 2.24) is 30.0 Å². The van der Waals surface area contributed by atoms with Gasteiger partial charge in [-0.2, -0.15) is 0 Å². The molecule has 1 aliphatic rings. The summed E-state index contributed by atoms with van der Waals surface area (Å²) in [5, 5.41) is 13.3. The summed E-state index contributed by atoms with van der Waals surface area (Å²) in [5.41, 5.74) is 2.03. The van der Waals surface area contributed by atoms with Gasteiger partial charge in [-0.1, -0.05) is 41.9 Å². The Bertz CT molecular complexity index is 964. The van der Waals surface area contributed by atoms with Gasteiger partial charge in [-0.25, -0.2) is 9.07 Å². The largest absolute Gasteiger partial charge is 0.297 e. The molecule has 0 N–H and O–H groups in total. The molecular formula is C22H24ClFN6. The van der Waals surface area contributed by atoms with Crippen LogP contribution in [0.15, 0.2) is 61.2 Å². The van der Waals surface area contributed by atoms with E-state index in [2.05, 4.69) is 31.9 Å². The van der Waals surface area contributed by atoms with E-state index in [1.165, 1.54) is 12.1 Å². The van der Waals surface area contributed by atoms with Gasteiger partial charge in [0.25, 0.3) is 0 Å². The highest BCUT2D eigenvalue weighted by Crippen LogP contribution is 2.29. The molecule has 8 heteroatoms. The fourth-order valence-electron chi connectivity index (χ4n) is 3.84. The van der Waals surface area contributed by atoms with Crippen molar-refractivity contribution in [3.8, 4) is 0 Å². The fraction of sp³-hybridized carbons (Fsp3) is 0.318. The summed E-state index contributed by atoms with van der Waals surface area (Å²) in [6.07, 6.45) is 1.94. The summed E-state index contributed by atoms with van der Waals surface area (Å²) in [4.78, 5) is 4.78. The Labute approximate surface area is 180 Å². The van der Waals surface area contributed by atoms with Crippen LogP contribution in [0.1, 0.15) is 23.0 Å². The van der Waals surface area contributed by atoms with Crippen LogP contribution in [0.2, 0.25) is 5.02 Å². The number of benzene rings is 2. The second-order valence-corrected chi connectivity index (χ2v) is 7.84. The summed E-state index contributed by atoms with van der Waals surface area (Å²) in [6.45, 7) is 8.90. The van der Waals surface area contributed by atoms with E-state index in [4.69, 9.17) is 11.6 Å². The van der Waals surface area contributed by atoms with Crippen LogP contribution >= 0.6 is 11.6 Å². The van der Waals surface area contributed by atoms with Crippen molar-refractivity contribution in [3.63, 3.8) is 0 Å². The van der Waals surface area contributed by atoms with E-state index in [1.54, 1.807) is 16.8 Å². The molecule has 1 fully saturated rings. The first-order chi connectivity index (χ1) is 14.6. The molecule has 0 bridgehead atoms. The zero-order valence-corrected chi connectivity index (χ0v) is 17.4. The third-order valence-corrected chi connectivity index (χ3v) is 5.65. The van der Waals surface area contributed by atoms with Gasteiger partial charge in [0.05, 0.1) is 12.6 Å². The van der Waals surface area contributed by atoms with Crippen LogP contribution in [0.25, 0.3) is 0 Å². The fourth-order valence-corrected chi connectivity index (χ4v) is 3.96. The molecule has 1 aromatic heterocycles. The van der Waals surface area contributed by atoms with E-state index < -0.39 is 0 Å². The zero-order chi connectivity index (χ0) is 20.9. The molecule has 1 saturated heterocycles. The Balaban J connectivity index is 1.63. The molecule has 30 heavy (non-hydrogen) atoms. The number of aromatic nitrogens is 4. The topological polar surface area (TPSA) is 50.1 Å². The molecule has 1 aliphatic heterocycles. The maximum atomic E-state index is 13.3. The minimum atomic E-state index is -0.257. The molecule has 0 unspecified atom stereocenters. The van der Waals surface area contributed by atoms with E-state index >= 15 is 0 Å². The van der Waals surface area contributed by atoms with Crippen LogP contribution in [0, 0.1) is 5.82 Å². The molecule has 0 saturated carbocycles. The number of halogens is 2. The minimum absolute atomic E-state index is 0.0939. The Kier molecular flexibility index (Phi) is 6.52. The number of nitrogens with zero attached hydrogens (tertiary/aromatic N) is 6. The second-order valence-electron chi connectivity index (χ2n) is 7.40. The van der Waals surface area contributed by atoms with Crippen molar-refractivity contribution in [2.24, 2.45) is 0 Å². The predicted molar refractivity (Wildman–Crippen MR) is 115 cm³/mol. The molecule has 4 rings (SSSR count). The maximum absolute atomic E-state index is 13.3. The Hall–Kier alpha value is -2.61. The highest BCUT2D eigenvalue weighted by Gasteiger charge is 2.30. The van der Waals surface area contributed by atoms with E-state index in [1.807, 2.05) is 30.3 Å². The predicted octanol–water partition coefficient (Wildman–Crippen LogP) is 3.41. The van der Waals surface area contributed by atoms with E-state index in [0.717, 1.165) is 49.7 Å². The lowest BCUT2D eigenvalue weighted by atomic mass is 10.0. The van der Waals surface area contributed by atoms with E-state index in [-0.39, 0.29) is 11.9 Å². The highest BCUT2D eigenvalue weighted by atomic mass is 35.5. The van der Waals surface area contributed by atoms with Gasteiger partial charge in [-0.15, -0.1) is 11.7 Å². The zero-order valence-electron chi connectivity index (χ0n) is 16.7. The van der Waals surface area contributed by atoms with Crippen molar-refractivity contribution in [2.45, 2.75) is 12.6 Å². The van der Waals surface area contributed by atoms with E-state index in [9.17, 15) is 4.39 Å². The van der Waals surface area contributed by atoms with Gasteiger partial charge in [0.1, 0.15) is 5.82 Å². The first kappa shape index (κ1) is 20.7. The molecule has 2 aromatic carbocycles. The smallest absolute Gasteiger partial charge is 0.173 e. The summed E-state index contributed by atoms with van der Waals surface area (Å²) in [6, 6.07) is 14.2. The molecule has 2 heterocycles. The van der Waals surface area contributed by atoms with Crippen molar-refractivity contribution in [3.05, 3.63) is 89.0 Å². The summed E-state index contributed by atoms with van der Waals surface area (Å²) >= 11 is 6.13. The van der Waals surface area contributed by atoms with Crippen LogP contribution in [-0.2, 0) is 6.54 Å². The second kappa shape index (κ2) is 9.47. The van der Waals surface area contributed by atoms with E-state index in [0.29, 0.717) is 11.6 Å². The van der Waals surface area contributed by atoms with Crippen molar-refractivity contribution >= 4 is 11.6 Å². The number of hydrogen-bond donors (Lipinski definition) is 0. The standard InChI is InChI=1S/C22H24ClFN6/c1-2-11-28-12-14-29(15-13-28)21(18-5-7-19(23)8-6-18)22-25-26-27-30(22)16-17-3-9-20(24)10-4-17/h2-10,21H,1,11-16H2/t21-/m0/s1. The number of piperazine rings is 1. The normalized spacial score (nSPS) is 16.5. The highest BCUT2D eigenvalue weighted by molar-refractivity contribution is 6.30. The first-order valence-corrected chi connectivity index (χ1v) is 10.3. The molecule has 156 valence electrons. The van der Waals surface area contributed by atoms with Gasteiger partial charge in [-0.05, 0) is 45.8 Å². The molecule has 0 spiro atoms. The number of hydrogen-bond acceptors (Lipinski definition) is 5. The minimum Gasteiger partial charge on any atom is -0.297 e. The summed E-state index contributed by atoms with van der Waals surface area (Å²) < 4.78 is 15.1. The average Bonchev–Trinajstić information content (AvgIpc) is 3.20. The maximum Gasteiger partial charge on any atom is 0.173 e. The van der Waals surface area contributed by atoms with Gasteiger partial charge >= 0.3 is 0 Å². The lowest BCUT2D eigenvalue weighted by molar-refractivity contribution is 0.112. The van der Waals surface area contributed by atoms with Crippen LogP contribution in [0.3, 0.4) is 0 Å². The molecule has 0 aliphatic carbocycles. The average molecular weight is 427 g/mol. The van der Waals surface area contributed by atoms with Crippen LogP contribution in [0.5, 0.6) is 0 Å². The lowest BCUT2D eigenvalue weighted by Gasteiger charge is -2.38. The summed E-state index contributed by atoms with van der Waals surface area (Å²) in [7, 11) is 0. The van der Waals surface area contributed by atoms with Crippen molar-refractivity contribution in [2.75, 3.05) is 32.7 Å². The van der Waals surface area contributed by atoms with Gasteiger partial charge < -0.3 is 0 Å². The quantitative estimate of drug-likeness (QED) is 0.542. The SMILES string of the molecule is C=CCN1CCN([C@@H](c2ccc(Cl)cc2)c2nnnn2Cc2ccc(F)cc2)CC1. The Morgan fingerprint density at radius 2 is 1.73 bits per heavy atom. The Morgan fingerprint density at radius 3 is 2.40 bits per heavy atom. The molecule has 6 nitrogen and oxygen atoms in total. The molecule has 0 amide bonds. The number of rotatable bonds is 7. The van der Waals surface area contributed by atoms with Gasteiger partial charge in [-0.3, -0.25) is 9.80 Å². The van der Waals surface area contributed by atoms with Crippen molar-refractivity contribution < 1.29 is 4.39 Å². The van der Waals surface area contributed by atoms with Crippen LogP contribution in [-0.4, -0.2) is 62.7 Å². The monoisotopic (exact) mass is 426 g/mol. The van der Waals surface area contributed by atoms with Gasteiger partial charge in [0.15, 0.2) is 5.82 Å². The van der Waals surface area contributed by atoms with Gasteiger partial charge in [0, 0.05) is 37.7 Å². The van der Waals surface area contributed by atoms with Crippen LogP contribution < -0.4 is 0 Å². The molecule has 3 aromatic rings. The third kappa shape index (κ3) is 4.75.